The zero-order valence-electron chi connectivity index (χ0n) is 14.1. The van der Waals surface area contributed by atoms with Gasteiger partial charge in [-0.05, 0) is 39.3 Å². The van der Waals surface area contributed by atoms with E-state index in [1.54, 1.807) is 0 Å². The Hall–Kier alpha value is -2.61. The predicted octanol–water partition coefficient (Wildman–Crippen LogP) is 1.78. The summed E-state index contributed by atoms with van der Waals surface area (Å²) in [7, 11) is 0. The quantitative estimate of drug-likeness (QED) is 0.632. The molecule has 1 fully saturated rings. The molecular weight excluding hydrogens is 304 g/mol. The van der Waals surface area contributed by atoms with Gasteiger partial charge < -0.3 is 0 Å². The summed E-state index contributed by atoms with van der Waals surface area (Å²) in [5.74, 6) is 5.54. The van der Waals surface area contributed by atoms with E-state index in [-0.39, 0.29) is 30.1 Å². The van der Waals surface area contributed by atoms with E-state index >= 15 is 0 Å². The summed E-state index contributed by atoms with van der Waals surface area (Å²) >= 11 is 0. The van der Waals surface area contributed by atoms with Crippen molar-refractivity contribution in [1.29, 1.82) is 0 Å². The van der Waals surface area contributed by atoms with E-state index < -0.39 is 11.9 Å². The zero-order valence-corrected chi connectivity index (χ0v) is 14.1. The maximum absolute atomic E-state index is 12.5. The molecule has 3 rings (SSSR count). The summed E-state index contributed by atoms with van der Waals surface area (Å²) in [6.07, 6.45) is 0.842. The number of fused-ring (bicyclic) bond motifs is 1. The Morgan fingerprint density at radius 2 is 1.96 bits per heavy atom. The number of nitrogens with one attached hydrogen (secondary N) is 1. The number of hydrogen-bond acceptors (Lipinski definition) is 3. The SMILES string of the molecule is CC(C)(C)C#Cc1cccc2c1CC(=O)N2C1CCC(=O)NC1=O. The molecule has 5 heteroatoms. The van der Waals surface area contributed by atoms with Crippen LogP contribution in [0.5, 0.6) is 0 Å². The fraction of sp³-hybridized carbons (Fsp3) is 0.421. The van der Waals surface area contributed by atoms with Crippen molar-refractivity contribution >= 4 is 23.4 Å². The predicted molar refractivity (Wildman–Crippen MR) is 90.1 cm³/mol. The van der Waals surface area contributed by atoms with Crippen molar-refractivity contribution in [2.45, 2.75) is 46.1 Å². The van der Waals surface area contributed by atoms with Crippen molar-refractivity contribution < 1.29 is 14.4 Å². The zero-order chi connectivity index (χ0) is 17.5. The van der Waals surface area contributed by atoms with Crippen molar-refractivity contribution in [2.24, 2.45) is 5.41 Å². The van der Waals surface area contributed by atoms with Crippen molar-refractivity contribution in [3.8, 4) is 11.8 Å². The lowest BCUT2D eigenvalue weighted by atomic mass is 9.96. The lowest BCUT2D eigenvalue weighted by Gasteiger charge is -2.30. The Morgan fingerprint density at radius 3 is 2.62 bits per heavy atom. The fourth-order valence-corrected chi connectivity index (χ4v) is 3.00. The number of benzene rings is 1. The molecule has 0 spiro atoms. The maximum atomic E-state index is 12.5. The Labute approximate surface area is 141 Å². The molecule has 1 unspecified atom stereocenters. The number of piperidine rings is 1. The highest BCUT2D eigenvalue weighted by Crippen LogP contribution is 2.34. The second kappa shape index (κ2) is 5.79. The van der Waals surface area contributed by atoms with Gasteiger partial charge >= 0.3 is 0 Å². The van der Waals surface area contributed by atoms with Crippen LogP contribution in [-0.2, 0) is 20.8 Å². The molecule has 0 aromatic heterocycles. The second-order valence-electron chi connectivity index (χ2n) is 7.21. The molecule has 124 valence electrons. The molecule has 1 atom stereocenters. The summed E-state index contributed by atoms with van der Waals surface area (Å²) in [5.41, 5.74) is 2.29. The highest BCUT2D eigenvalue weighted by molar-refractivity contribution is 6.10. The average Bonchev–Trinajstić information content (AvgIpc) is 2.81. The van der Waals surface area contributed by atoms with Crippen LogP contribution in [0.3, 0.4) is 0 Å². The van der Waals surface area contributed by atoms with Gasteiger partial charge in [-0.15, -0.1) is 0 Å². The van der Waals surface area contributed by atoms with Gasteiger partial charge in [-0.3, -0.25) is 24.6 Å². The van der Waals surface area contributed by atoms with Crippen LogP contribution in [0.4, 0.5) is 5.69 Å². The number of nitrogens with zero attached hydrogens (tertiary/aromatic N) is 1. The molecule has 5 nitrogen and oxygen atoms in total. The van der Waals surface area contributed by atoms with Gasteiger partial charge in [0, 0.05) is 28.7 Å². The highest BCUT2D eigenvalue weighted by atomic mass is 16.2. The first kappa shape index (κ1) is 16.3. The van der Waals surface area contributed by atoms with Crippen LogP contribution >= 0.6 is 0 Å². The third kappa shape index (κ3) is 3.05. The van der Waals surface area contributed by atoms with Gasteiger partial charge in [0.25, 0.3) is 0 Å². The van der Waals surface area contributed by atoms with Crippen molar-refractivity contribution in [3.63, 3.8) is 0 Å². The van der Waals surface area contributed by atoms with Gasteiger partial charge in [0.05, 0.1) is 6.42 Å². The van der Waals surface area contributed by atoms with Crippen LogP contribution < -0.4 is 10.2 Å². The minimum Gasteiger partial charge on any atom is -0.299 e. The van der Waals surface area contributed by atoms with Crippen molar-refractivity contribution in [2.75, 3.05) is 4.90 Å². The molecule has 24 heavy (non-hydrogen) atoms. The second-order valence-corrected chi connectivity index (χ2v) is 7.21. The largest absolute Gasteiger partial charge is 0.299 e. The van der Waals surface area contributed by atoms with E-state index in [1.807, 2.05) is 39.0 Å². The minimum absolute atomic E-state index is 0.121. The standard InChI is InChI=1S/C19H20N2O3/c1-19(2,3)10-9-12-5-4-6-14-13(12)11-17(23)21(14)15-7-8-16(22)20-18(15)24/h4-6,15H,7-8,11H2,1-3H3,(H,20,22,24). The maximum Gasteiger partial charge on any atom is 0.249 e. The monoisotopic (exact) mass is 324 g/mol. The van der Waals surface area contributed by atoms with Crippen LogP contribution in [0.25, 0.3) is 0 Å². The molecule has 1 aromatic rings. The summed E-state index contributed by atoms with van der Waals surface area (Å²) < 4.78 is 0. The lowest BCUT2D eigenvalue weighted by Crippen LogP contribution is -2.53. The van der Waals surface area contributed by atoms with Gasteiger partial charge in [0.15, 0.2) is 0 Å². The number of rotatable bonds is 1. The number of amides is 3. The summed E-state index contributed by atoms with van der Waals surface area (Å²) in [6, 6.07) is 4.97. The molecule has 2 heterocycles. The summed E-state index contributed by atoms with van der Waals surface area (Å²) in [5, 5.41) is 2.32. The number of carbonyl (C=O) groups excluding carboxylic acids is 3. The normalized spacial score (nSPS) is 20.4. The van der Waals surface area contributed by atoms with Crippen LogP contribution in [0.2, 0.25) is 0 Å². The minimum atomic E-state index is -0.623. The Bertz CT molecular complexity index is 793. The first-order chi connectivity index (χ1) is 11.3. The molecule has 2 aliphatic rings. The van der Waals surface area contributed by atoms with Crippen LogP contribution in [0.15, 0.2) is 18.2 Å². The van der Waals surface area contributed by atoms with E-state index in [0.717, 1.165) is 16.8 Å². The molecule has 1 saturated heterocycles. The Kier molecular flexibility index (Phi) is 3.92. The lowest BCUT2D eigenvalue weighted by molar-refractivity contribution is -0.135. The number of hydrogen-bond donors (Lipinski definition) is 1. The third-order valence-electron chi connectivity index (χ3n) is 4.10. The smallest absolute Gasteiger partial charge is 0.249 e. The van der Waals surface area contributed by atoms with Crippen LogP contribution in [0, 0.1) is 17.3 Å². The number of imide groups is 1. The molecule has 0 saturated carbocycles. The van der Waals surface area contributed by atoms with E-state index in [4.69, 9.17) is 0 Å². The van der Waals surface area contributed by atoms with Gasteiger partial charge in [0.1, 0.15) is 6.04 Å². The first-order valence-corrected chi connectivity index (χ1v) is 8.07. The molecular formula is C19H20N2O3. The van der Waals surface area contributed by atoms with Crippen molar-refractivity contribution in [1.82, 2.24) is 5.32 Å². The summed E-state index contributed by atoms with van der Waals surface area (Å²) in [4.78, 5) is 37.5. The summed E-state index contributed by atoms with van der Waals surface area (Å²) in [6.45, 7) is 6.10. The molecule has 0 aliphatic carbocycles. The number of carbonyl (C=O) groups is 3. The van der Waals surface area contributed by atoms with E-state index in [2.05, 4.69) is 17.2 Å². The van der Waals surface area contributed by atoms with Gasteiger partial charge in [-0.25, -0.2) is 0 Å². The van der Waals surface area contributed by atoms with Crippen LogP contribution in [0.1, 0.15) is 44.7 Å². The Balaban J connectivity index is 1.98. The molecule has 0 bridgehead atoms. The van der Waals surface area contributed by atoms with E-state index in [0.29, 0.717) is 6.42 Å². The van der Waals surface area contributed by atoms with Gasteiger partial charge in [-0.2, -0.15) is 0 Å². The topological polar surface area (TPSA) is 66.5 Å². The Morgan fingerprint density at radius 1 is 1.21 bits per heavy atom. The highest BCUT2D eigenvalue weighted by Gasteiger charge is 2.40. The fourth-order valence-electron chi connectivity index (χ4n) is 3.00. The molecule has 2 aliphatic heterocycles. The third-order valence-corrected chi connectivity index (χ3v) is 4.10. The van der Waals surface area contributed by atoms with Gasteiger partial charge in [0.2, 0.25) is 17.7 Å². The van der Waals surface area contributed by atoms with E-state index in [9.17, 15) is 14.4 Å². The van der Waals surface area contributed by atoms with E-state index in [1.165, 1.54) is 4.90 Å². The molecule has 3 amide bonds. The molecule has 0 radical (unpaired) electrons. The molecule has 1 aromatic carbocycles. The van der Waals surface area contributed by atoms with Gasteiger partial charge in [-0.1, -0.05) is 17.9 Å². The van der Waals surface area contributed by atoms with Crippen molar-refractivity contribution in [3.05, 3.63) is 29.3 Å². The molecule has 1 N–H and O–H groups in total. The average molecular weight is 324 g/mol. The number of anilines is 1. The van der Waals surface area contributed by atoms with Crippen LogP contribution in [-0.4, -0.2) is 23.8 Å². The first-order valence-electron chi connectivity index (χ1n) is 8.07.